The number of rotatable bonds is 13. The second-order valence-electron chi connectivity index (χ2n) is 8.09. The molecule has 6 atom stereocenters. The van der Waals surface area contributed by atoms with Gasteiger partial charge in [0, 0.05) is 6.42 Å². The quantitative estimate of drug-likeness (QED) is 0.134. The van der Waals surface area contributed by atoms with Crippen LogP contribution in [0.1, 0.15) is 44.9 Å². The van der Waals surface area contributed by atoms with E-state index in [-0.39, 0.29) is 44.5 Å². The van der Waals surface area contributed by atoms with Crippen LogP contribution in [-0.2, 0) is 38.9 Å². The zero-order chi connectivity index (χ0) is 22.6. The van der Waals surface area contributed by atoms with E-state index in [0.29, 0.717) is 32.3 Å². The number of hydrogen-bond donors (Lipinski definition) is 4. The highest BCUT2D eigenvalue weighted by Gasteiger charge is 2.41. The van der Waals surface area contributed by atoms with Crippen LogP contribution in [0.25, 0.3) is 0 Å². The van der Waals surface area contributed by atoms with Crippen LogP contribution >= 0.6 is 0 Å². The van der Waals surface area contributed by atoms with Crippen molar-refractivity contribution < 1.29 is 54.3 Å². The summed E-state index contributed by atoms with van der Waals surface area (Å²) in [5, 5.41) is 27.7. The van der Waals surface area contributed by atoms with Crippen LogP contribution in [0.2, 0.25) is 0 Å². The van der Waals surface area contributed by atoms with E-state index >= 15 is 0 Å². The molecular weight excluding hydrogens is 418 g/mol. The lowest BCUT2D eigenvalue weighted by atomic mass is 9.78. The van der Waals surface area contributed by atoms with Crippen LogP contribution < -0.4 is 5.90 Å². The molecule has 31 heavy (non-hydrogen) atoms. The van der Waals surface area contributed by atoms with Crippen molar-refractivity contribution in [1.82, 2.24) is 0 Å². The maximum absolute atomic E-state index is 12.3. The number of ether oxygens (including phenoxy) is 1. The zero-order valence-electron chi connectivity index (χ0n) is 17.4. The minimum absolute atomic E-state index is 0.0199. The average molecular weight is 451 g/mol. The van der Waals surface area contributed by atoms with Crippen molar-refractivity contribution in [3.8, 4) is 0 Å². The topological polar surface area (TPSA) is 176 Å². The summed E-state index contributed by atoms with van der Waals surface area (Å²) in [5.74, 6) is 1.63. The van der Waals surface area contributed by atoms with Gasteiger partial charge in [-0.1, -0.05) is 0 Å². The van der Waals surface area contributed by atoms with Gasteiger partial charge in [0.15, 0.2) is 0 Å². The van der Waals surface area contributed by atoms with Crippen molar-refractivity contribution >= 4 is 11.9 Å². The molecule has 2 fully saturated rings. The van der Waals surface area contributed by atoms with Gasteiger partial charge in [0.05, 0.1) is 50.5 Å². The standard InChI is InChI=1S/C19H33NO11/c20-31-30-15-4-5-16(18(22)23)17(9-15)19(24)26-6-1-7-28-29-11-12-2-3-14(21)8-13(12)10-27-25/h12-17,21,25H,1-11,20H2,(H,22,23). The molecule has 0 bridgehead atoms. The van der Waals surface area contributed by atoms with Crippen molar-refractivity contribution in [2.45, 2.75) is 57.2 Å². The van der Waals surface area contributed by atoms with Crippen LogP contribution in [0, 0.1) is 23.7 Å². The number of aliphatic hydroxyl groups is 1. The lowest BCUT2D eigenvalue weighted by Gasteiger charge is -2.32. The van der Waals surface area contributed by atoms with E-state index in [4.69, 9.17) is 30.6 Å². The predicted molar refractivity (Wildman–Crippen MR) is 102 cm³/mol. The summed E-state index contributed by atoms with van der Waals surface area (Å²) in [6.07, 6.45) is 2.28. The summed E-state index contributed by atoms with van der Waals surface area (Å²) in [5.41, 5.74) is 0. The highest BCUT2D eigenvalue weighted by Crippen LogP contribution is 2.33. The monoisotopic (exact) mass is 451 g/mol. The molecular formula is C19H33NO11. The molecule has 0 heterocycles. The average Bonchev–Trinajstić information content (AvgIpc) is 2.74. The third-order valence-electron chi connectivity index (χ3n) is 6.00. The lowest BCUT2D eigenvalue weighted by molar-refractivity contribution is -0.336. The number of aliphatic hydroxyl groups excluding tert-OH is 1. The van der Waals surface area contributed by atoms with Gasteiger partial charge < -0.3 is 14.9 Å². The van der Waals surface area contributed by atoms with Gasteiger partial charge in [-0.3, -0.25) is 14.8 Å². The number of carboxylic acids is 1. The molecule has 0 radical (unpaired) electrons. The maximum Gasteiger partial charge on any atom is 0.309 e. The summed E-state index contributed by atoms with van der Waals surface area (Å²) in [4.78, 5) is 47.3. The second-order valence-corrected chi connectivity index (χ2v) is 8.09. The van der Waals surface area contributed by atoms with E-state index in [1.807, 2.05) is 0 Å². The van der Waals surface area contributed by atoms with Crippen LogP contribution in [0.15, 0.2) is 0 Å². The summed E-state index contributed by atoms with van der Waals surface area (Å²) < 4.78 is 5.21. The van der Waals surface area contributed by atoms with Gasteiger partial charge >= 0.3 is 11.9 Å². The summed E-state index contributed by atoms with van der Waals surface area (Å²) in [6.45, 7) is 0.667. The summed E-state index contributed by atoms with van der Waals surface area (Å²) in [6, 6.07) is 0. The number of carbonyl (C=O) groups excluding carboxylic acids is 1. The summed E-state index contributed by atoms with van der Waals surface area (Å²) in [7, 11) is 0. The van der Waals surface area contributed by atoms with E-state index in [9.17, 15) is 19.8 Å². The van der Waals surface area contributed by atoms with E-state index in [0.717, 1.165) is 6.42 Å². The molecule has 12 nitrogen and oxygen atoms in total. The molecule has 0 saturated heterocycles. The number of carboxylic acid groups (broad SMARTS) is 1. The number of esters is 1. The minimum atomic E-state index is -1.05. The Morgan fingerprint density at radius 2 is 1.74 bits per heavy atom. The largest absolute Gasteiger partial charge is 0.481 e. The Morgan fingerprint density at radius 1 is 0.935 bits per heavy atom. The van der Waals surface area contributed by atoms with Crippen molar-refractivity contribution in [3.63, 3.8) is 0 Å². The first kappa shape index (κ1) is 25.9. The maximum atomic E-state index is 12.3. The molecule has 0 aromatic heterocycles. The fraction of sp³-hybridized carbons (Fsp3) is 0.895. The molecule has 0 amide bonds. The van der Waals surface area contributed by atoms with Crippen LogP contribution in [0.4, 0.5) is 0 Å². The Kier molecular flexibility index (Phi) is 11.6. The molecule has 0 aromatic rings. The normalized spacial score (nSPS) is 31.3. The Labute approximate surface area is 180 Å². The number of carbonyl (C=O) groups is 2. The Hall–Kier alpha value is -1.38. The van der Waals surface area contributed by atoms with Crippen LogP contribution in [0.3, 0.4) is 0 Å². The molecule has 180 valence electrons. The van der Waals surface area contributed by atoms with E-state index < -0.39 is 36.0 Å². The van der Waals surface area contributed by atoms with E-state index in [1.54, 1.807) is 0 Å². The van der Waals surface area contributed by atoms with Gasteiger partial charge in [-0.15, -0.1) is 4.99 Å². The molecule has 2 rings (SSSR count). The number of nitrogens with two attached hydrogens (primary N) is 1. The first-order valence-corrected chi connectivity index (χ1v) is 10.6. The van der Waals surface area contributed by atoms with E-state index in [1.165, 1.54) is 0 Å². The van der Waals surface area contributed by atoms with Crippen molar-refractivity contribution in [2.75, 3.05) is 26.4 Å². The molecule has 5 N–H and O–H groups in total. The molecule has 6 unspecified atom stereocenters. The molecule has 0 aliphatic heterocycles. The fourth-order valence-electron chi connectivity index (χ4n) is 4.27. The van der Waals surface area contributed by atoms with Crippen molar-refractivity contribution in [3.05, 3.63) is 0 Å². The van der Waals surface area contributed by atoms with Crippen LogP contribution in [-0.4, -0.2) is 66.0 Å². The van der Waals surface area contributed by atoms with Gasteiger partial charge in [-0.2, -0.15) is 5.90 Å². The van der Waals surface area contributed by atoms with E-state index in [2.05, 4.69) is 9.88 Å². The molecule has 2 aliphatic rings. The fourth-order valence-corrected chi connectivity index (χ4v) is 4.27. The number of hydrogen-bond acceptors (Lipinski definition) is 11. The Balaban J connectivity index is 1.62. The van der Waals surface area contributed by atoms with Gasteiger partial charge in [0.2, 0.25) is 0 Å². The Morgan fingerprint density at radius 3 is 2.45 bits per heavy atom. The Bertz CT molecular complexity index is 549. The summed E-state index contributed by atoms with van der Waals surface area (Å²) >= 11 is 0. The molecule has 12 heteroatoms. The third kappa shape index (κ3) is 8.58. The van der Waals surface area contributed by atoms with Gasteiger partial charge in [0.25, 0.3) is 0 Å². The first-order valence-electron chi connectivity index (χ1n) is 10.6. The smallest absolute Gasteiger partial charge is 0.309 e. The highest BCUT2D eigenvalue weighted by molar-refractivity contribution is 5.81. The van der Waals surface area contributed by atoms with Gasteiger partial charge in [-0.25, -0.2) is 19.6 Å². The molecule has 0 aromatic carbocycles. The zero-order valence-corrected chi connectivity index (χ0v) is 17.4. The van der Waals surface area contributed by atoms with Gasteiger partial charge in [0.1, 0.15) is 0 Å². The molecule has 2 saturated carbocycles. The van der Waals surface area contributed by atoms with Gasteiger partial charge in [-0.05, 0) is 50.4 Å². The molecule has 2 aliphatic carbocycles. The van der Waals surface area contributed by atoms with Crippen LogP contribution in [0.5, 0.6) is 0 Å². The minimum Gasteiger partial charge on any atom is -0.481 e. The second kappa shape index (κ2) is 13.9. The number of aliphatic carboxylic acids is 1. The molecule has 0 spiro atoms. The first-order chi connectivity index (χ1) is 15.0. The third-order valence-corrected chi connectivity index (χ3v) is 6.00. The predicted octanol–water partition coefficient (Wildman–Crippen LogP) is 0.826. The SMILES string of the molecule is NOOC1CCC(C(=O)O)C(C(=O)OCCCOOCC2CCC(O)CC2COO)C1. The van der Waals surface area contributed by atoms with Crippen molar-refractivity contribution in [1.29, 1.82) is 0 Å². The lowest BCUT2D eigenvalue weighted by Crippen LogP contribution is -2.39. The highest BCUT2D eigenvalue weighted by atomic mass is 17.3. The van der Waals surface area contributed by atoms with Crippen molar-refractivity contribution in [2.24, 2.45) is 29.6 Å².